The molecular formula is C23H23NO9. The lowest BCUT2D eigenvalue weighted by Crippen LogP contribution is -2.61. The first-order valence-electron chi connectivity index (χ1n) is 10.5. The summed E-state index contributed by atoms with van der Waals surface area (Å²) >= 11 is 0. The summed E-state index contributed by atoms with van der Waals surface area (Å²) in [6, 6.07) is 4.67. The first-order valence-corrected chi connectivity index (χ1v) is 10.5. The Hall–Kier alpha value is -3.66. The molecule has 1 aromatic carbocycles. The summed E-state index contributed by atoms with van der Waals surface area (Å²) in [5.74, 6) is -6.65. The SMILES string of the molecule is CCOC(=O)COC1=C(C(N)=O)C(=O)[C@@]2(O)C(=O)C3=C(O)c4c(O)cccc4CC3CC2C1. The number of esters is 1. The highest BCUT2D eigenvalue weighted by molar-refractivity contribution is 6.32. The third-order valence-corrected chi connectivity index (χ3v) is 6.45. The average Bonchev–Trinajstić information content (AvgIpc) is 2.74. The molecule has 0 heterocycles. The van der Waals surface area contributed by atoms with E-state index in [0.717, 1.165) is 0 Å². The molecule has 3 atom stereocenters. The molecule has 174 valence electrons. The number of aromatic hydroxyl groups is 1. The van der Waals surface area contributed by atoms with Crippen molar-refractivity contribution in [3.05, 3.63) is 46.2 Å². The van der Waals surface area contributed by atoms with Crippen LogP contribution in [0.15, 0.2) is 35.1 Å². The Balaban J connectivity index is 1.77. The molecule has 1 amide bonds. The zero-order valence-electron chi connectivity index (χ0n) is 17.8. The molecule has 1 aromatic rings. The van der Waals surface area contributed by atoms with Gasteiger partial charge in [0, 0.05) is 17.9 Å². The van der Waals surface area contributed by atoms with E-state index in [1.807, 2.05) is 0 Å². The molecule has 0 spiro atoms. The van der Waals surface area contributed by atoms with Crippen LogP contribution in [0.1, 0.15) is 30.9 Å². The largest absolute Gasteiger partial charge is 0.507 e. The molecule has 0 aliphatic heterocycles. The van der Waals surface area contributed by atoms with E-state index < -0.39 is 58.8 Å². The van der Waals surface area contributed by atoms with Crippen LogP contribution < -0.4 is 5.73 Å². The predicted molar refractivity (Wildman–Crippen MR) is 111 cm³/mol. The summed E-state index contributed by atoms with van der Waals surface area (Å²) in [6.45, 7) is 1.14. The van der Waals surface area contributed by atoms with E-state index in [2.05, 4.69) is 0 Å². The number of ether oxygens (including phenoxy) is 2. The Labute approximate surface area is 188 Å². The van der Waals surface area contributed by atoms with Crippen LogP contribution in [0.5, 0.6) is 5.75 Å². The van der Waals surface area contributed by atoms with Crippen molar-refractivity contribution in [2.75, 3.05) is 13.2 Å². The number of allylic oxidation sites excluding steroid dienone is 1. The Morgan fingerprint density at radius 2 is 1.91 bits per heavy atom. The van der Waals surface area contributed by atoms with Crippen molar-refractivity contribution in [2.45, 2.75) is 31.8 Å². The second-order valence-corrected chi connectivity index (χ2v) is 8.29. The van der Waals surface area contributed by atoms with Crippen LogP contribution in [0.25, 0.3) is 5.76 Å². The second kappa shape index (κ2) is 8.04. The number of primary amides is 1. The minimum Gasteiger partial charge on any atom is -0.507 e. The molecule has 10 heteroatoms. The highest BCUT2D eigenvalue weighted by Crippen LogP contribution is 2.51. The third-order valence-electron chi connectivity index (χ3n) is 6.45. The monoisotopic (exact) mass is 457 g/mol. The number of fused-ring (bicyclic) bond motifs is 3. The fraction of sp³-hybridized carbons (Fsp3) is 0.391. The number of hydrogen-bond donors (Lipinski definition) is 4. The summed E-state index contributed by atoms with van der Waals surface area (Å²) in [5, 5.41) is 32.3. The van der Waals surface area contributed by atoms with E-state index in [-0.39, 0.29) is 42.1 Å². The predicted octanol–water partition coefficient (Wildman–Crippen LogP) is 0.446. The normalized spacial score (nSPS) is 26.4. The Bertz CT molecular complexity index is 1150. The number of aliphatic hydroxyl groups excluding tert-OH is 1. The topological polar surface area (TPSA) is 173 Å². The maximum Gasteiger partial charge on any atom is 0.344 e. The first-order chi connectivity index (χ1) is 15.6. The molecule has 10 nitrogen and oxygen atoms in total. The summed E-state index contributed by atoms with van der Waals surface area (Å²) < 4.78 is 10.1. The number of carbonyl (C=O) groups is 4. The van der Waals surface area contributed by atoms with Crippen LogP contribution in [0.4, 0.5) is 0 Å². The van der Waals surface area contributed by atoms with Crippen LogP contribution in [0.3, 0.4) is 0 Å². The number of carbonyl (C=O) groups excluding carboxylic acids is 4. The quantitative estimate of drug-likeness (QED) is 0.278. The zero-order valence-corrected chi connectivity index (χ0v) is 17.8. The lowest BCUT2D eigenvalue weighted by molar-refractivity contribution is -0.160. The van der Waals surface area contributed by atoms with Gasteiger partial charge in [0.2, 0.25) is 11.6 Å². The van der Waals surface area contributed by atoms with Crippen molar-refractivity contribution in [3.8, 4) is 5.75 Å². The van der Waals surface area contributed by atoms with Gasteiger partial charge in [0.25, 0.3) is 5.91 Å². The number of rotatable bonds is 5. The van der Waals surface area contributed by atoms with Gasteiger partial charge in [0.05, 0.1) is 12.2 Å². The fourth-order valence-corrected chi connectivity index (χ4v) is 5.02. The molecular weight excluding hydrogens is 434 g/mol. The molecule has 5 N–H and O–H groups in total. The Kier molecular flexibility index (Phi) is 5.49. The number of amides is 1. The zero-order chi connectivity index (χ0) is 24.1. The summed E-state index contributed by atoms with van der Waals surface area (Å²) in [6.07, 6.45) is 0.213. The van der Waals surface area contributed by atoms with E-state index >= 15 is 0 Å². The highest BCUT2D eigenvalue weighted by Gasteiger charge is 2.61. The maximum absolute atomic E-state index is 13.4. The Morgan fingerprint density at radius 3 is 2.58 bits per heavy atom. The molecule has 2 unspecified atom stereocenters. The number of phenolic OH excluding ortho intramolecular Hbond substituents is 1. The molecule has 0 radical (unpaired) electrons. The summed E-state index contributed by atoms with van der Waals surface area (Å²) in [5.41, 5.74) is 2.53. The molecule has 1 fully saturated rings. The number of nitrogens with two attached hydrogens (primary N) is 1. The summed E-state index contributed by atoms with van der Waals surface area (Å²) in [4.78, 5) is 50.4. The molecule has 33 heavy (non-hydrogen) atoms. The van der Waals surface area contributed by atoms with Crippen LogP contribution in [0, 0.1) is 11.8 Å². The number of phenols is 1. The van der Waals surface area contributed by atoms with E-state index in [1.165, 1.54) is 6.07 Å². The van der Waals surface area contributed by atoms with Crippen LogP contribution in [0.2, 0.25) is 0 Å². The lowest BCUT2D eigenvalue weighted by Gasteiger charge is -2.46. The summed E-state index contributed by atoms with van der Waals surface area (Å²) in [7, 11) is 0. The molecule has 3 aliphatic rings. The molecule has 1 saturated carbocycles. The molecule has 0 bridgehead atoms. The fourth-order valence-electron chi connectivity index (χ4n) is 5.02. The van der Waals surface area contributed by atoms with Crippen LogP contribution in [-0.2, 0) is 35.1 Å². The smallest absolute Gasteiger partial charge is 0.344 e. The van der Waals surface area contributed by atoms with Crippen LogP contribution in [-0.4, -0.2) is 57.6 Å². The first kappa shape index (κ1) is 22.5. The molecule has 0 aromatic heterocycles. The van der Waals surface area contributed by atoms with Gasteiger partial charge in [-0.3, -0.25) is 14.4 Å². The van der Waals surface area contributed by atoms with Crippen molar-refractivity contribution in [1.29, 1.82) is 0 Å². The van der Waals surface area contributed by atoms with Crippen molar-refractivity contribution in [3.63, 3.8) is 0 Å². The Morgan fingerprint density at radius 1 is 1.18 bits per heavy atom. The van der Waals surface area contributed by atoms with Gasteiger partial charge in [-0.2, -0.15) is 0 Å². The van der Waals surface area contributed by atoms with Crippen molar-refractivity contribution in [2.24, 2.45) is 17.6 Å². The standard InChI is InChI=1S/C23H23NO9/c1-2-32-15(26)9-33-14-8-12-7-11-6-10-4-3-5-13(25)16(10)19(27)17(11)20(28)23(12,31)21(29)18(14)22(24)30/h3-5,11-12,25,27,31H,2,6-9H2,1H3,(H2,24,30)/t11?,12?,23-/m0/s1. The third kappa shape index (κ3) is 3.37. The van der Waals surface area contributed by atoms with Crippen LogP contribution >= 0.6 is 0 Å². The highest BCUT2D eigenvalue weighted by atomic mass is 16.6. The number of Topliss-reactive ketones (excluding diaryl/α,β-unsaturated/α-hetero) is 2. The van der Waals surface area contributed by atoms with E-state index in [4.69, 9.17) is 15.2 Å². The van der Waals surface area contributed by atoms with Crippen molar-refractivity contribution < 1.29 is 44.0 Å². The van der Waals surface area contributed by atoms with Gasteiger partial charge in [0.1, 0.15) is 22.8 Å². The van der Waals surface area contributed by atoms with Gasteiger partial charge in [-0.25, -0.2) is 4.79 Å². The number of aliphatic hydroxyl groups is 2. The van der Waals surface area contributed by atoms with Gasteiger partial charge in [-0.15, -0.1) is 0 Å². The van der Waals surface area contributed by atoms with Gasteiger partial charge in [-0.1, -0.05) is 12.1 Å². The van der Waals surface area contributed by atoms with Crippen molar-refractivity contribution in [1.82, 2.24) is 0 Å². The van der Waals surface area contributed by atoms with E-state index in [9.17, 15) is 34.5 Å². The number of ketones is 2. The average molecular weight is 457 g/mol. The maximum atomic E-state index is 13.4. The van der Waals surface area contributed by atoms with Gasteiger partial charge < -0.3 is 30.5 Å². The van der Waals surface area contributed by atoms with E-state index in [1.54, 1.807) is 19.1 Å². The second-order valence-electron chi connectivity index (χ2n) is 8.29. The van der Waals surface area contributed by atoms with Gasteiger partial charge in [0.15, 0.2) is 12.2 Å². The minimum atomic E-state index is -2.64. The lowest BCUT2D eigenvalue weighted by atomic mass is 9.58. The van der Waals surface area contributed by atoms with Gasteiger partial charge in [-0.05, 0) is 37.3 Å². The van der Waals surface area contributed by atoms with E-state index in [0.29, 0.717) is 12.0 Å². The molecule has 0 saturated heterocycles. The number of hydrogen-bond acceptors (Lipinski definition) is 9. The minimum absolute atomic E-state index is 0.0755. The van der Waals surface area contributed by atoms with Crippen molar-refractivity contribution >= 4 is 29.2 Å². The van der Waals surface area contributed by atoms with Gasteiger partial charge >= 0.3 is 5.97 Å². The molecule has 3 aliphatic carbocycles. The number of benzene rings is 1. The molecule has 4 rings (SSSR count).